The molecule has 0 unspecified atom stereocenters. The third kappa shape index (κ3) is 3.41. The van der Waals surface area contributed by atoms with E-state index in [-0.39, 0.29) is 23.7 Å². The van der Waals surface area contributed by atoms with Gasteiger partial charge in [-0.15, -0.1) is 0 Å². The molecule has 4 nitrogen and oxygen atoms in total. The third-order valence-corrected chi connectivity index (χ3v) is 5.76. The number of cyclic esters (lactones) is 1. The highest BCUT2D eigenvalue weighted by atomic mass is 79.9. The Labute approximate surface area is 127 Å². The zero-order chi connectivity index (χ0) is 14.8. The van der Waals surface area contributed by atoms with Crippen molar-refractivity contribution in [2.75, 3.05) is 11.1 Å². The van der Waals surface area contributed by atoms with Gasteiger partial charge in [0.1, 0.15) is 6.10 Å². The molecule has 0 radical (unpaired) electrons. The Morgan fingerprint density at radius 2 is 1.95 bits per heavy atom. The molecule has 1 saturated heterocycles. The molecule has 1 heterocycles. The van der Waals surface area contributed by atoms with Gasteiger partial charge in [0.2, 0.25) is 0 Å². The van der Waals surface area contributed by atoms with Gasteiger partial charge in [0.05, 0.1) is 17.1 Å². The number of carbonyl (C=O) groups excluding carboxylic acids is 1. The van der Waals surface area contributed by atoms with Crippen LogP contribution in [0.15, 0.2) is 29.2 Å². The fraction of sp³-hybridized carbons (Fsp3) is 0.500. The lowest BCUT2D eigenvalue weighted by Crippen LogP contribution is -2.08. The summed E-state index contributed by atoms with van der Waals surface area (Å²) in [7, 11) is -3.22. The highest BCUT2D eigenvalue weighted by Gasteiger charge is 2.32. The first kappa shape index (κ1) is 15.5. The van der Waals surface area contributed by atoms with E-state index in [4.69, 9.17) is 4.74 Å². The molecular weight excluding hydrogens is 344 g/mol. The average Bonchev–Trinajstić information content (AvgIpc) is 2.76. The van der Waals surface area contributed by atoms with Gasteiger partial charge in [-0.1, -0.05) is 35.0 Å². The number of sulfone groups is 1. The van der Waals surface area contributed by atoms with E-state index in [1.807, 2.05) is 6.92 Å². The normalized spacial score (nSPS) is 22.8. The molecule has 0 amide bonds. The molecule has 1 fully saturated rings. The van der Waals surface area contributed by atoms with Crippen LogP contribution in [-0.4, -0.2) is 25.5 Å². The first-order chi connectivity index (χ1) is 9.44. The number of esters is 1. The largest absolute Gasteiger partial charge is 0.457 e. The Kier molecular flexibility index (Phi) is 4.86. The van der Waals surface area contributed by atoms with Gasteiger partial charge in [0, 0.05) is 11.2 Å². The molecule has 1 aromatic rings. The van der Waals surface area contributed by atoms with Crippen LogP contribution in [0.3, 0.4) is 0 Å². The number of alkyl halides is 1. The minimum atomic E-state index is -3.22. The Balaban J connectivity index is 2.16. The van der Waals surface area contributed by atoms with Gasteiger partial charge in [-0.3, -0.25) is 4.79 Å². The number of rotatable bonds is 5. The highest BCUT2D eigenvalue weighted by Crippen LogP contribution is 2.35. The van der Waals surface area contributed by atoms with Crippen LogP contribution in [0.4, 0.5) is 0 Å². The predicted molar refractivity (Wildman–Crippen MR) is 79.5 cm³/mol. The fourth-order valence-electron chi connectivity index (χ4n) is 2.30. The molecule has 1 aromatic carbocycles. The maximum atomic E-state index is 12.0. The van der Waals surface area contributed by atoms with Crippen molar-refractivity contribution in [2.45, 2.75) is 30.8 Å². The topological polar surface area (TPSA) is 60.4 Å². The van der Waals surface area contributed by atoms with Crippen LogP contribution in [-0.2, 0) is 19.4 Å². The van der Waals surface area contributed by atoms with Gasteiger partial charge in [-0.25, -0.2) is 8.42 Å². The van der Waals surface area contributed by atoms with Crippen LogP contribution in [0.1, 0.15) is 31.4 Å². The SMILES string of the molecule is C[C@H]1CC(=O)O[C@H]1c1ccc(S(=O)(=O)CCCBr)cc1. The zero-order valence-electron chi connectivity index (χ0n) is 11.2. The number of ether oxygens (including phenoxy) is 1. The first-order valence-corrected chi connectivity index (χ1v) is 9.29. The van der Waals surface area contributed by atoms with Crippen molar-refractivity contribution in [1.29, 1.82) is 0 Å². The summed E-state index contributed by atoms with van der Waals surface area (Å²) in [5.74, 6) is 0.0572. The van der Waals surface area contributed by atoms with Crippen molar-refractivity contribution in [2.24, 2.45) is 5.92 Å². The van der Waals surface area contributed by atoms with Gasteiger partial charge < -0.3 is 4.74 Å². The number of benzene rings is 1. The van der Waals surface area contributed by atoms with Crippen LogP contribution < -0.4 is 0 Å². The summed E-state index contributed by atoms with van der Waals surface area (Å²) in [6.45, 7) is 1.95. The van der Waals surface area contributed by atoms with Crippen LogP contribution in [0.5, 0.6) is 0 Å². The van der Waals surface area contributed by atoms with E-state index in [1.165, 1.54) is 0 Å². The summed E-state index contributed by atoms with van der Waals surface area (Å²) in [6.07, 6.45) is 0.735. The monoisotopic (exact) mass is 360 g/mol. The Bertz CT molecular complexity index is 580. The summed E-state index contributed by atoms with van der Waals surface area (Å²) in [5, 5.41) is 0.667. The summed E-state index contributed by atoms with van der Waals surface area (Å²) in [6, 6.07) is 6.66. The van der Waals surface area contributed by atoms with Crippen molar-refractivity contribution in [3.8, 4) is 0 Å². The lowest BCUT2D eigenvalue weighted by Gasteiger charge is -2.14. The number of hydrogen-bond acceptors (Lipinski definition) is 4. The van der Waals surface area contributed by atoms with Crippen molar-refractivity contribution < 1.29 is 17.9 Å². The molecule has 0 spiro atoms. The van der Waals surface area contributed by atoms with E-state index in [0.717, 1.165) is 5.56 Å². The Hall–Kier alpha value is -0.880. The molecule has 1 aliphatic rings. The zero-order valence-corrected chi connectivity index (χ0v) is 13.6. The molecule has 110 valence electrons. The molecular formula is C14H17BrO4S. The van der Waals surface area contributed by atoms with E-state index >= 15 is 0 Å². The van der Waals surface area contributed by atoms with Gasteiger partial charge in [-0.05, 0) is 24.1 Å². The van der Waals surface area contributed by atoms with Crippen LogP contribution >= 0.6 is 15.9 Å². The lowest BCUT2D eigenvalue weighted by molar-refractivity contribution is -0.141. The Morgan fingerprint density at radius 1 is 1.30 bits per heavy atom. The van der Waals surface area contributed by atoms with Crippen molar-refractivity contribution in [1.82, 2.24) is 0 Å². The second kappa shape index (κ2) is 6.26. The minimum Gasteiger partial charge on any atom is -0.457 e. The Morgan fingerprint density at radius 3 is 2.45 bits per heavy atom. The maximum Gasteiger partial charge on any atom is 0.306 e. The van der Waals surface area contributed by atoms with Crippen LogP contribution in [0.2, 0.25) is 0 Å². The van der Waals surface area contributed by atoms with Crippen molar-refractivity contribution in [3.63, 3.8) is 0 Å². The molecule has 2 atom stereocenters. The van der Waals surface area contributed by atoms with Gasteiger partial charge in [-0.2, -0.15) is 0 Å². The van der Waals surface area contributed by atoms with E-state index in [2.05, 4.69) is 15.9 Å². The van der Waals surface area contributed by atoms with Crippen LogP contribution in [0.25, 0.3) is 0 Å². The lowest BCUT2D eigenvalue weighted by atomic mass is 9.97. The molecule has 1 aliphatic heterocycles. The minimum absolute atomic E-state index is 0.123. The summed E-state index contributed by atoms with van der Waals surface area (Å²) in [5.41, 5.74) is 0.850. The molecule has 0 aromatic heterocycles. The molecule has 2 rings (SSSR count). The molecule has 0 saturated carbocycles. The second-order valence-electron chi connectivity index (χ2n) is 5.02. The number of hydrogen-bond donors (Lipinski definition) is 0. The smallest absolute Gasteiger partial charge is 0.306 e. The number of halogens is 1. The molecule has 0 N–H and O–H groups in total. The molecule has 0 bridgehead atoms. The molecule has 20 heavy (non-hydrogen) atoms. The summed E-state index contributed by atoms with van der Waals surface area (Å²) >= 11 is 3.23. The van der Waals surface area contributed by atoms with Crippen LogP contribution in [0, 0.1) is 5.92 Å². The first-order valence-electron chi connectivity index (χ1n) is 6.52. The summed E-state index contributed by atoms with van der Waals surface area (Å²) < 4.78 is 29.3. The number of carbonyl (C=O) groups is 1. The van der Waals surface area contributed by atoms with Crippen molar-refractivity contribution >= 4 is 31.7 Å². The van der Waals surface area contributed by atoms with Crippen molar-refractivity contribution in [3.05, 3.63) is 29.8 Å². The predicted octanol–water partition coefficient (Wildman–Crippen LogP) is 2.87. The maximum absolute atomic E-state index is 12.0. The fourth-order valence-corrected chi connectivity index (χ4v) is 4.26. The standard InChI is InChI=1S/C14H17BrO4S/c1-10-9-13(16)19-14(10)11-3-5-12(6-4-11)20(17,18)8-2-7-15/h3-6,10,14H,2,7-9H2,1H3/t10-,14+/m0/s1. The van der Waals surface area contributed by atoms with Gasteiger partial charge in [0.25, 0.3) is 0 Å². The van der Waals surface area contributed by atoms with E-state index in [9.17, 15) is 13.2 Å². The van der Waals surface area contributed by atoms with Gasteiger partial charge in [0.15, 0.2) is 9.84 Å². The highest BCUT2D eigenvalue weighted by molar-refractivity contribution is 9.09. The molecule has 0 aliphatic carbocycles. The second-order valence-corrected chi connectivity index (χ2v) is 7.92. The van der Waals surface area contributed by atoms with Gasteiger partial charge >= 0.3 is 5.97 Å². The third-order valence-electron chi connectivity index (χ3n) is 3.38. The quantitative estimate of drug-likeness (QED) is 0.598. The summed E-state index contributed by atoms with van der Waals surface area (Å²) in [4.78, 5) is 11.6. The van der Waals surface area contributed by atoms with E-state index in [0.29, 0.717) is 23.1 Å². The average molecular weight is 361 g/mol. The molecule has 6 heteroatoms. The van der Waals surface area contributed by atoms with E-state index in [1.54, 1.807) is 24.3 Å². The van der Waals surface area contributed by atoms with E-state index < -0.39 is 9.84 Å².